The molecule has 2 aromatic carbocycles. The number of hydrogen-bond donors (Lipinski definition) is 3. The maximum atomic E-state index is 12.4. The quantitative estimate of drug-likeness (QED) is 0.338. The van der Waals surface area contributed by atoms with Gasteiger partial charge in [-0.1, -0.05) is 24.3 Å². The van der Waals surface area contributed by atoms with Crippen LogP contribution in [-0.4, -0.2) is 24.0 Å². The summed E-state index contributed by atoms with van der Waals surface area (Å²) in [5, 5.41) is 12.7. The van der Waals surface area contributed by atoms with Gasteiger partial charge < -0.3 is 5.11 Å². The Morgan fingerprint density at radius 2 is 1.19 bits per heavy atom. The number of rotatable bonds is 2. The highest BCUT2D eigenvalue weighted by Crippen LogP contribution is 2.33. The molecule has 0 heterocycles. The van der Waals surface area contributed by atoms with Crippen LogP contribution in [0.25, 0.3) is 10.8 Å². The molecule has 0 aliphatic rings. The lowest BCUT2D eigenvalue weighted by Crippen LogP contribution is -2.18. The fourth-order valence-corrected chi connectivity index (χ4v) is 3.06. The van der Waals surface area contributed by atoms with E-state index in [2.05, 4.69) is 106 Å². The first-order chi connectivity index (χ1) is 17.4. The normalized spacial score (nSPS) is 7.89. The van der Waals surface area contributed by atoms with Gasteiger partial charge in [-0.25, -0.2) is 0 Å². The molecule has 0 fully saturated rings. The molecular formula is C29H9NO5S. The maximum absolute atomic E-state index is 12.4. The zero-order valence-electron chi connectivity index (χ0n) is 18.0. The highest BCUT2D eigenvalue weighted by Gasteiger charge is 2.22. The third-order valence-corrected chi connectivity index (χ3v) is 4.58. The van der Waals surface area contributed by atoms with Crippen LogP contribution in [0.2, 0.25) is 0 Å². The van der Waals surface area contributed by atoms with Crippen LogP contribution in [0.3, 0.4) is 0 Å². The predicted molar refractivity (Wildman–Crippen MR) is 134 cm³/mol. The fraction of sp³-hybridized carbons (Fsp3) is 0. The minimum atomic E-state index is -4.66. The summed E-state index contributed by atoms with van der Waals surface area (Å²) in [6.45, 7) is 0. The van der Waals surface area contributed by atoms with Gasteiger partial charge in [-0.2, -0.15) is 8.42 Å². The highest BCUT2D eigenvalue weighted by molar-refractivity contribution is 7.86. The number of aromatic hydroxyl groups is 1. The summed E-state index contributed by atoms with van der Waals surface area (Å²) in [6, 6.07) is 8.96. The van der Waals surface area contributed by atoms with Crippen molar-refractivity contribution in [2.45, 2.75) is 4.90 Å². The van der Waals surface area contributed by atoms with Crippen LogP contribution in [0.15, 0.2) is 35.2 Å². The van der Waals surface area contributed by atoms with E-state index in [1.54, 1.807) is 0 Å². The van der Waals surface area contributed by atoms with E-state index in [1.165, 1.54) is 24.3 Å². The van der Waals surface area contributed by atoms with Crippen LogP contribution in [0.1, 0.15) is 10.4 Å². The van der Waals surface area contributed by atoms with Crippen molar-refractivity contribution in [3.63, 3.8) is 0 Å². The lowest BCUT2D eigenvalue weighted by Gasteiger charge is -2.10. The van der Waals surface area contributed by atoms with E-state index in [4.69, 9.17) is 6.42 Å². The monoisotopic (exact) mass is 483 g/mol. The molecule has 0 radical (unpaired) electrons. The second-order valence-corrected chi connectivity index (χ2v) is 7.28. The summed E-state index contributed by atoms with van der Waals surface area (Å²) in [5.41, 5.74) is -0.394. The molecule has 2 aromatic rings. The summed E-state index contributed by atoms with van der Waals surface area (Å²) >= 11 is 0. The Labute approximate surface area is 208 Å². The highest BCUT2D eigenvalue weighted by atomic mass is 32.2. The van der Waals surface area contributed by atoms with Crippen LogP contribution in [0, 0.1) is 107 Å². The molecule has 6 nitrogen and oxygen atoms in total. The van der Waals surface area contributed by atoms with Gasteiger partial charge in [0.15, 0.2) is 0 Å². The number of benzene rings is 2. The Morgan fingerprint density at radius 1 is 0.750 bits per heavy atom. The SMILES string of the molecule is C#CC#CC#CC#CC#CC#CC#CC#CC#CNC(=O)c1cc(S(=O)(=O)O)c2ccccc2c1O. The summed E-state index contributed by atoms with van der Waals surface area (Å²) in [4.78, 5) is 11.8. The third kappa shape index (κ3) is 8.12. The molecule has 166 valence electrons. The van der Waals surface area contributed by atoms with Gasteiger partial charge in [0.25, 0.3) is 16.0 Å². The number of nitrogens with one attached hydrogen (secondary N) is 1. The minimum Gasteiger partial charge on any atom is -0.506 e. The van der Waals surface area contributed by atoms with Gasteiger partial charge in [-0.3, -0.25) is 14.7 Å². The van der Waals surface area contributed by atoms with Crippen molar-refractivity contribution in [3.8, 4) is 113 Å². The number of hydrogen-bond acceptors (Lipinski definition) is 4. The van der Waals surface area contributed by atoms with Gasteiger partial charge in [0.1, 0.15) is 10.6 Å². The van der Waals surface area contributed by atoms with E-state index in [9.17, 15) is 22.9 Å². The van der Waals surface area contributed by atoms with Crippen molar-refractivity contribution in [1.29, 1.82) is 0 Å². The summed E-state index contributed by atoms with van der Waals surface area (Å²) in [7, 11) is -4.66. The van der Waals surface area contributed by atoms with E-state index in [1.807, 2.05) is 0 Å². The van der Waals surface area contributed by atoms with Gasteiger partial charge in [-0.15, -0.1) is 6.42 Å². The van der Waals surface area contributed by atoms with Crippen LogP contribution in [0.4, 0.5) is 0 Å². The molecule has 2 rings (SSSR count). The smallest absolute Gasteiger partial charge is 0.295 e. The maximum Gasteiger partial charge on any atom is 0.295 e. The molecule has 0 saturated heterocycles. The van der Waals surface area contributed by atoms with E-state index >= 15 is 0 Å². The molecule has 0 atom stereocenters. The summed E-state index contributed by atoms with van der Waals surface area (Å²) in [5.74, 6) is 36.7. The van der Waals surface area contributed by atoms with Crippen LogP contribution < -0.4 is 5.32 Å². The van der Waals surface area contributed by atoms with E-state index in [0.717, 1.165) is 6.07 Å². The second-order valence-electron chi connectivity index (χ2n) is 5.89. The number of phenols is 1. The van der Waals surface area contributed by atoms with E-state index in [-0.39, 0.29) is 10.8 Å². The Hall–Kier alpha value is -6.08. The first kappa shape index (κ1) is 26.2. The number of phenolic OH excluding ortho intramolecular Hbond substituents is 1. The molecule has 7 heteroatoms. The largest absolute Gasteiger partial charge is 0.506 e. The molecule has 0 aliphatic heterocycles. The average molecular weight is 483 g/mol. The topological polar surface area (TPSA) is 104 Å². The fourth-order valence-electron chi connectivity index (χ4n) is 2.34. The second kappa shape index (κ2) is 13.5. The number of fused-ring (bicyclic) bond motifs is 1. The molecule has 3 N–H and O–H groups in total. The lowest BCUT2D eigenvalue weighted by atomic mass is 10.0. The molecule has 0 aliphatic carbocycles. The van der Waals surface area contributed by atoms with Gasteiger partial charge in [-0.05, 0) is 53.4 Å². The number of carbonyl (C=O) groups is 1. The van der Waals surface area contributed by atoms with E-state index < -0.39 is 32.2 Å². The van der Waals surface area contributed by atoms with Gasteiger partial charge in [0, 0.05) is 64.2 Å². The zero-order chi connectivity index (χ0) is 26.2. The average Bonchev–Trinajstić information content (AvgIpc) is 2.85. The van der Waals surface area contributed by atoms with Crippen LogP contribution in [-0.2, 0) is 10.1 Å². The van der Waals surface area contributed by atoms with Crippen molar-refractivity contribution in [2.24, 2.45) is 0 Å². The molecule has 1 amide bonds. The Morgan fingerprint density at radius 3 is 1.67 bits per heavy atom. The number of carbonyl (C=O) groups excluding carboxylic acids is 1. The molecular weight excluding hydrogens is 474 g/mol. The minimum absolute atomic E-state index is 0.0585. The van der Waals surface area contributed by atoms with Crippen molar-refractivity contribution in [1.82, 2.24) is 5.32 Å². The van der Waals surface area contributed by atoms with Gasteiger partial charge in [0.05, 0.1) is 5.56 Å². The molecule has 0 bridgehead atoms. The molecule has 0 spiro atoms. The van der Waals surface area contributed by atoms with E-state index in [0.29, 0.717) is 0 Å². The predicted octanol–water partition coefficient (Wildman–Crippen LogP) is 1.14. The summed E-state index contributed by atoms with van der Waals surface area (Å²) < 4.78 is 32.9. The van der Waals surface area contributed by atoms with Gasteiger partial charge in [0.2, 0.25) is 0 Å². The van der Waals surface area contributed by atoms with Crippen molar-refractivity contribution < 1.29 is 22.9 Å². The van der Waals surface area contributed by atoms with Gasteiger partial charge >= 0.3 is 0 Å². The summed E-state index contributed by atoms with van der Waals surface area (Å²) in [6.07, 6.45) is 4.92. The lowest BCUT2D eigenvalue weighted by molar-refractivity contribution is 0.0971. The van der Waals surface area contributed by atoms with Crippen LogP contribution >= 0.6 is 0 Å². The number of amides is 1. The third-order valence-electron chi connectivity index (χ3n) is 3.69. The molecule has 0 unspecified atom stereocenters. The zero-order valence-corrected chi connectivity index (χ0v) is 18.8. The van der Waals surface area contributed by atoms with Crippen molar-refractivity contribution >= 4 is 26.8 Å². The Kier molecular flexibility index (Phi) is 9.79. The Balaban J connectivity index is 2.04. The molecule has 0 aromatic heterocycles. The standard InChI is InChI=1S/C29H9NO5S/c1-2-3-4-5-6-7-8-9-10-11-12-13-14-15-16-19-22-30-29(32)26-23-27(36(33,34)35)24-20-17-18-21-25(24)28(26)31/h1,17-18,20-21,23,31H,(H,30,32)(H,33,34,35). The first-order valence-corrected chi connectivity index (χ1v) is 10.8. The van der Waals surface area contributed by atoms with Crippen LogP contribution in [0.5, 0.6) is 5.75 Å². The molecule has 36 heavy (non-hydrogen) atoms. The first-order valence-electron chi connectivity index (χ1n) is 9.34. The van der Waals surface area contributed by atoms with Crippen molar-refractivity contribution in [2.75, 3.05) is 0 Å². The number of terminal acetylenes is 1. The molecule has 0 saturated carbocycles. The van der Waals surface area contributed by atoms with Crippen molar-refractivity contribution in [3.05, 3.63) is 35.9 Å². The Bertz CT molecular complexity index is 1920.